The Kier molecular flexibility index (Phi) is 12.3. The fraction of sp³-hybridized carbons (Fsp3) is 0.650. The lowest BCUT2D eigenvalue weighted by molar-refractivity contribution is -0.00442. The fourth-order valence-corrected chi connectivity index (χ4v) is 7.62. The molecule has 0 aliphatic carbocycles. The molecule has 258 valence electrons. The van der Waals surface area contributed by atoms with Gasteiger partial charge in [-0.15, -0.1) is 0 Å². The number of aromatic nitrogens is 1. The zero-order valence-electron chi connectivity index (χ0n) is 29.9. The van der Waals surface area contributed by atoms with Crippen molar-refractivity contribution in [2.24, 2.45) is 0 Å². The van der Waals surface area contributed by atoms with Crippen molar-refractivity contribution in [1.82, 2.24) is 14.4 Å². The van der Waals surface area contributed by atoms with Gasteiger partial charge in [-0.1, -0.05) is 64.7 Å². The van der Waals surface area contributed by atoms with Crippen LogP contribution in [0, 0.1) is 0 Å². The third kappa shape index (κ3) is 8.18. The molecule has 7 nitrogen and oxygen atoms in total. The summed E-state index contributed by atoms with van der Waals surface area (Å²) in [7, 11) is 0. The number of morpholine rings is 2. The molecule has 47 heavy (non-hydrogen) atoms. The summed E-state index contributed by atoms with van der Waals surface area (Å²) in [5, 5.41) is 2.10. The molecule has 0 saturated carbocycles. The molecule has 5 rings (SSSR count). The molecule has 2 aliphatic rings. The molecule has 2 aliphatic heterocycles. The average Bonchev–Trinajstić information content (AvgIpc) is 3.41. The van der Waals surface area contributed by atoms with Crippen molar-refractivity contribution in [3.63, 3.8) is 0 Å². The first-order chi connectivity index (χ1) is 22.7. The van der Waals surface area contributed by atoms with Gasteiger partial charge in [0.1, 0.15) is 0 Å². The highest BCUT2D eigenvalue weighted by molar-refractivity contribution is 6.14. The molecule has 0 atom stereocenters. The second kappa shape index (κ2) is 16.2. The number of fused-ring (bicyclic) bond motifs is 3. The van der Waals surface area contributed by atoms with Gasteiger partial charge in [0, 0.05) is 65.7 Å². The minimum Gasteiger partial charge on any atom is -0.379 e. The van der Waals surface area contributed by atoms with Gasteiger partial charge in [-0.25, -0.2) is 0 Å². The number of hydrogen-bond acceptors (Lipinski definition) is 6. The molecule has 2 fully saturated rings. The molecule has 0 unspecified atom stereocenters. The molecule has 2 saturated heterocycles. The highest BCUT2D eigenvalue weighted by Gasteiger charge is 2.37. The molecule has 0 N–H and O–H groups in total. The van der Waals surface area contributed by atoms with Gasteiger partial charge < -0.3 is 14.0 Å². The average molecular weight is 646 g/mol. The van der Waals surface area contributed by atoms with Crippen molar-refractivity contribution in [2.45, 2.75) is 116 Å². The van der Waals surface area contributed by atoms with Gasteiger partial charge >= 0.3 is 0 Å². The molecule has 3 aromatic rings. The van der Waals surface area contributed by atoms with E-state index >= 15 is 0 Å². The van der Waals surface area contributed by atoms with E-state index in [1.807, 2.05) is 39.8 Å². The van der Waals surface area contributed by atoms with E-state index in [-0.39, 0.29) is 11.6 Å². The number of ether oxygens (including phenoxy) is 2. The summed E-state index contributed by atoms with van der Waals surface area (Å²) >= 11 is 0. The van der Waals surface area contributed by atoms with E-state index in [1.165, 1.54) is 57.8 Å². The van der Waals surface area contributed by atoms with Crippen LogP contribution in [0.15, 0.2) is 36.4 Å². The lowest BCUT2D eigenvalue weighted by Gasteiger charge is -2.39. The van der Waals surface area contributed by atoms with Crippen molar-refractivity contribution < 1.29 is 19.1 Å². The lowest BCUT2D eigenvalue weighted by atomic mass is 9.89. The van der Waals surface area contributed by atoms with Crippen molar-refractivity contribution in [3.05, 3.63) is 47.5 Å². The van der Waals surface area contributed by atoms with Crippen molar-refractivity contribution in [2.75, 3.05) is 52.6 Å². The van der Waals surface area contributed by atoms with E-state index in [9.17, 15) is 9.59 Å². The third-order valence-corrected chi connectivity index (χ3v) is 10.8. The number of hydrogen-bond donors (Lipinski definition) is 0. The number of nitrogens with zero attached hydrogens (tertiary/aromatic N) is 3. The number of unbranched alkanes of at least 4 members (excludes halogenated alkanes) is 9. The van der Waals surface area contributed by atoms with Gasteiger partial charge in [0.2, 0.25) is 0 Å². The quantitative estimate of drug-likeness (QED) is 0.109. The highest BCUT2D eigenvalue weighted by atomic mass is 16.5. The predicted octanol–water partition coefficient (Wildman–Crippen LogP) is 8.30. The normalized spacial score (nSPS) is 17.1. The first-order valence-corrected chi connectivity index (χ1v) is 18.5. The van der Waals surface area contributed by atoms with E-state index in [0.717, 1.165) is 72.1 Å². The van der Waals surface area contributed by atoms with Crippen LogP contribution in [0.3, 0.4) is 0 Å². The van der Waals surface area contributed by atoms with E-state index in [4.69, 9.17) is 9.47 Å². The zero-order chi connectivity index (χ0) is 33.4. The SMILES string of the molecule is CCCCCCCCCCCCn1c2ccc(C(=O)C(C)(C)N3CCOCC3)cc2c2cc(C(=O)C(C)(C)N3CCOCC3)ccc21. The molecular weight excluding hydrogens is 586 g/mol. The largest absolute Gasteiger partial charge is 0.379 e. The van der Waals surface area contributed by atoms with Gasteiger partial charge in [-0.2, -0.15) is 0 Å². The fourth-order valence-electron chi connectivity index (χ4n) is 7.62. The first-order valence-electron chi connectivity index (χ1n) is 18.5. The third-order valence-electron chi connectivity index (χ3n) is 10.8. The van der Waals surface area contributed by atoms with Crippen LogP contribution in [0.4, 0.5) is 0 Å². The maximum atomic E-state index is 14.0. The van der Waals surface area contributed by atoms with Gasteiger partial charge in [0.15, 0.2) is 11.6 Å². The summed E-state index contributed by atoms with van der Waals surface area (Å²) in [5.74, 6) is 0.246. The van der Waals surface area contributed by atoms with Crippen LogP contribution in [-0.4, -0.2) is 89.6 Å². The molecule has 0 radical (unpaired) electrons. The van der Waals surface area contributed by atoms with Gasteiger partial charge in [0.05, 0.1) is 37.5 Å². The van der Waals surface area contributed by atoms with Crippen LogP contribution >= 0.6 is 0 Å². The summed E-state index contributed by atoms with van der Waals surface area (Å²) < 4.78 is 13.5. The number of rotatable bonds is 17. The molecule has 0 spiro atoms. The Morgan fingerprint density at radius 1 is 0.596 bits per heavy atom. The molecule has 2 aromatic carbocycles. The highest BCUT2D eigenvalue weighted by Crippen LogP contribution is 2.34. The van der Waals surface area contributed by atoms with Crippen LogP contribution in [0.5, 0.6) is 0 Å². The Labute approximate surface area is 282 Å². The molecule has 3 heterocycles. The number of benzene rings is 2. The van der Waals surface area contributed by atoms with Crippen LogP contribution in [0.2, 0.25) is 0 Å². The van der Waals surface area contributed by atoms with Gasteiger partial charge in [-0.05, 0) is 70.5 Å². The summed E-state index contributed by atoms with van der Waals surface area (Å²) in [6.45, 7) is 16.9. The Hall–Kier alpha value is -2.58. The van der Waals surface area contributed by atoms with Crippen LogP contribution in [0.25, 0.3) is 21.8 Å². The van der Waals surface area contributed by atoms with Crippen LogP contribution < -0.4 is 0 Å². The molecular formula is C40H59N3O4. The molecule has 0 amide bonds. The summed E-state index contributed by atoms with van der Waals surface area (Å²) in [5.41, 5.74) is 2.45. The topological polar surface area (TPSA) is 64.0 Å². The minimum absolute atomic E-state index is 0.123. The molecule has 7 heteroatoms. The smallest absolute Gasteiger partial charge is 0.182 e. The number of carbonyl (C=O) groups is 2. The first kappa shape index (κ1) is 35.7. The van der Waals surface area contributed by atoms with Crippen molar-refractivity contribution in [3.8, 4) is 0 Å². The van der Waals surface area contributed by atoms with Crippen LogP contribution in [-0.2, 0) is 16.0 Å². The van der Waals surface area contributed by atoms with E-state index in [2.05, 4.69) is 45.6 Å². The maximum absolute atomic E-state index is 14.0. The summed E-state index contributed by atoms with van der Waals surface area (Å²) in [6, 6.07) is 12.4. The lowest BCUT2D eigenvalue weighted by Crippen LogP contribution is -2.54. The van der Waals surface area contributed by atoms with E-state index in [1.54, 1.807) is 0 Å². The van der Waals surface area contributed by atoms with E-state index in [0.29, 0.717) is 26.4 Å². The predicted molar refractivity (Wildman–Crippen MR) is 193 cm³/mol. The zero-order valence-corrected chi connectivity index (χ0v) is 29.9. The summed E-state index contributed by atoms with van der Waals surface area (Å²) in [4.78, 5) is 32.6. The molecule has 1 aromatic heterocycles. The van der Waals surface area contributed by atoms with Gasteiger partial charge in [0.25, 0.3) is 0 Å². The molecule has 0 bridgehead atoms. The number of aryl methyl sites for hydroxylation is 1. The monoisotopic (exact) mass is 645 g/mol. The Morgan fingerprint density at radius 2 is 0.979 bits per heavy atom. The van der Waals surface area contributed by atoms with Crippen molar-refractivity contribution in [1.29, 1.82) is 0 Å². The second-order valence-corrected chi connectivity index (χ2v) is 14.8. The number of carbonyl (C=O) groups excluding carboxylic acids is 2. The number of Topliss-reactive ketones (excluding diaryl/α,β-unsaturated/α-hetero) is 2. The van der Waals surface area contributed by atoms with Gasteiger partial charge in [-0.3, -0.25) is 19.4 Å². The summed E-state index contributed by atoms with van der Waals surface area (Å²) in [6.07, 6.45) is 13.0. The Morgan fingerprint density at radius 3 is 1.38 bits per heavy atom. The minimum atomic E-state index is -0.630. The Bertz CT molecular complexity index is 1390. The standard InChI is InChI=1S/C40H59N3O4/c1-6-7-8-9-10-11-12-13-14-15-20-43-35-18-16-31(37(44)39(2,3)41-21-25-46-26-22-41)29-33(35)34-30-32(17-19-36(34)43)38(45)40(4,5)42-23-27-47-28-24-42/h16-19,29-30H,6-15,20-28H2,1-5H3. The van der Waals surface area contributed by atoms with Crippen molar-refractivity contribution >= 4 is 33.4 Å². The second-order valence-electron chi connectivity index (χ2n) is 14.8. The maximum Gasteiger partial charge on any atom is 0.182 e. The number of ketones is 2. The van der Waals surface area contributed by atoms with E-state index < -0.39 is 11.1 Å². The Balaban J connectivity index is 1.41. The van der Waals surface area contributed by atoms with Crippen LogP contribution in [0.1, 0.15) is 120 Å².